The van der Waals surface area contributed by atoms with E-state index in [4.69, 9.17) is 9.84 Å². The number of carbonyl (C=O) groups is 1. The molecule has 4 heteroatoms. The van der Waals surface area contributed by atoms with Crippen molar-refractivity contribution >= 4 is 5.97 Å². The topological polar surface area (TPSA) is 55.8 Å². The third-order valence-corrected chi connectivity index (χ3v) is 1.37. The number of hydrogen-bond donors (Lipinski definition) is 1. The molecule has 0 rings (SSSR count). The summed E-state index contributed by atoms with van der Waals surface area (Å²) in [7, 11) is 0. The summed E-state index contributed by atoms with van der Waals surface area (Å²) in [6, 6.07) is 0. The zero-order chi connectivity index (χ0) is 11.9. The maximum absolute atomic E-state index is 10.4. The summed E-state index contributed by atoms with van der Waals surface area (Å²) in [5.41, 5.74) is 0. The summed E-state index contributed by atoms with van der Waals surface area (Å²) >= 11 is 0. The number of hydrogen-bond acceptors (Lipinski definition) is 4. The van der Waals surface area contributed by atoms with Gasteiger partial charge in [-0.15, -0.1) is 0 Å². The van der Waals surface area contributed by atoms with Gasteiger partial charge in [0.15, 0.2) is 0 Å². The minimum absolute atomic E-state index is 0.0184. The van der Waals surface area contributed by atoms with E-state index < -0.39 is 5.97 Å². The van der Waals surface area contributed by atoms with Crippen molar-refractivity contribution in [3.63, 3.8) is 0 Å². The summed E-state index contributed by atoms with van der Waals surface area (Å²) in [6.07, 6.45) is 3.73. The fraction of sp³-hybridized carbons (Fsp3) is 0.727. The summed E-state index contributed by atoms with van der Waals surface area (Å²) in [5, 5.41) is 8.27. The Morgan fingerprint density at radius 2 is 1.87 bits per heavy atom. The smallest absolute Gasteiger partial charge is 0.330 e. The van der Waals surface area contributed by atoms with Gasteiger partial charge in [-0.25, -0.2) is 4.79 Å². The lowest BCUT2D eigenvalue weighted by Gasteiger charge is -2.01. The van der Waals surface area contributed by atoms with E-state index in [1.54, 1.807) is 0 Å². The fourth-order valence-corrected chi connectivity index (χ4v) is 0.427. The summed E-state index contributed by atoms with van der Waals surface area (Å²) in [4.78, 5) is 10.4. The Morgan fingerprint density at radius 3 is 2.27 bits per heavy atom. The summed E-state index contributed by atoms with van der Waals surface area (Å²) in [6.45, 7) is 8.34. The van der Waals surface area contributed by atoms with Crippen LogP contribution >= 0.6 is 0 Å². The van der Waals surface area contributed by atoms with Gasteiger partial charge < -0.3 is 14.6 Å². The Balaban J connectivity index is 0. The molecule has 15 heavy (non-hydrogen) atoms. The van der Waals surface area contributed by atoms with E-state index in [1.807, 2.05) is 0 Å². The SMILES string of the molecule is C=CC(=O)OCCOCCO.CCCC. The highest BCUT2D eigenvalue weighted by atomic mass is 16.6. The second-order valence-corrected chi connectivity index (χ2v) is 2.71. The molecule has 0 bridgehead atoms. The van der Waals surface area contributed by atoms with Crippen LogP contribution in [-0.2, 0) is 14.3 Å². The normalized spacial score (nSPS) is 8.73. The Labute approximate surface area is 91.9 Å². The molecule has 0 aliphatic carbocycles. The number of rotatable bonds is 7. The summed E-state index contributed by atoms with van der Waals surface area (Å²) < 4.78 is 9.39. The molecule has 4 nitrogen and oxygen atoms in total. The first-order valence-corrected chi connectivity index (χ1v) is 5.20. The highest BCUT2D eigenvalue weighted by Gasteiger charge is 1.93. The van der Waals surface area contributed by atoms with Crippen molar-refractivity contribution in [2.24, 2.45) is 0 Å². The van der Waals surface area contributed by atoms with Gasteiger partial charge in [0.05, 0.1) is 19.8 Å². The first kappa shape index (κ1) is 16.6. The minimum Gasteiger partial charge on any atom is -0.460 e. The number of aliphatic hydroxyl groups excluding tert-OH is 1. The van der Waals surface area contributed by atoms with Gasteiger partial charge in [0, 0.05) is 6.08 Å². The van der Waals surface area contributed by atoms with E-state index in [1.165, 1.54) is 12.8 Å². The Hall–Kier alpha value is -0.870. The van der Waals surface area contributed by atoms with Crippen LogP contribution in [0.3, 0.4) is 0 Å². The van der Waals surface area contributed by atoms with Crippen molar-refractivity contribution < 1.29 is 19.4 Å². The predicted octanol–water partition coefficient (Wildman–Crippen LogP) is 1.53. The lowest BCUT2D eigenvalue weighted by atomic mass is 10.4. The third-order valence-electron chi connectivity index (χ3n) is 1.37. The quantitative estimate of drug-likeness (QED) is 0.400. The second-order valence-electron chi connectivity index (χ2n) is 2.71. The van der Waals surface area contributed by atoms with Gasteiger partial charge in [-0.1, -0.05) is 33.3 Å². The lowest BCUT2D eigenvalue weighted by molar-refractivity contribution is -0.139. The molecule has 0 amide bonds. The van der Waals surface area contributed by atoms with E-state index in [9.17, 15) is 4.79 Å². The van der Waals surface area contributed by atoms with Crippen molar-refractivity contribution in [3.05, 3.63) is 12.7 Å². The number of carbonyl (C=O) groups excluding carboxylic acids is 1. The molecule has 0 saturated carbocycles. The van der Waals surface area contributed by atoms with Gasteiger partial charge in [-0.2, -0.15) is 0 Å². The molecule has 0 aromatic carbocycles. The van der Waals surface area contributed by atoms with Crippen LogP contribution in [0.5, 0.6) is 0 Å². The standard InChI is InChI=1S/C7H12O4.C4H10/c1-2-7(9)11-6-5-10-4-3-8;1-3-4-2/h2,8H,1,3-6H2;3-4H2,1-2H3. The molecule has 0 aliphatic heterocycles. The van der Waals surface area contributed by atoms with Crippen LogP contribution in [0.25, 0.3) is 0 Å². The Bertz CT molecular complexity index is 144. The van der Waals surface area contributed by atoms with Crippen LogP contribution in [-0.4, -0.2) is 37.5 Å². The van der Waals surface area contributed by atoms with Gasteiger partial charge in [0.1, 0.15) is 6.61 Å². The fourth-order valence-electron chi connectivity index (χ4n) is 0.427. The number of unbranched alkanes of at least 4 members (excludes halogenated alkanes) is 1. The summed E-state index contributed by atoms with van der Waals surface area (Å²) in [5.74, 6) is -0.461. The average molecular weight is 218 g/mol. The molecule has 0 fully saturated rings. The maximum atomic E-state index is 10.4. The van der Waals surface area contributed by atoms with Crippen LogP contribution in [0.2, 0.25) is 0 Å². The highest BCUT2D eigenvalue weighted by Crippen LogP contribution is 1.80. The van der Waals surface area contributed by atoms with Crippen molar-refractivity contribution in [2.45, 2.75) is 26.7 Å². The molecule has 0 aromatic heterocycles. The monoisotopic (exact) mass is 218 g/mol. The molecular formula is C11H22O4. The molecular weight excluding hydrogens is 196 g/mol. The number of ether oxygens (including phenoxy) is 2. The molecule has 0 saturated heterocycles. The van der Waals surface area contributed by atoms with Crippen LogP contribution in [0.1, 0.15) is 26.7 Å². The van der Waals surface area contributed by atoms with Crippen LogP contribution < -0.4 is 0 Å². The second kappa shape index (κ2) is 15.6. The zero-order valence-electron chi connectivity index (χ0n) is 9.70. The van der Waals surface area contributed by atoms with Crippen molar-refractivity contribution in [2.75, 3.05) is 26.4 Å². The van der Waals surface area contributed by atoms with Crippen molar-refractivity contribution in [3.8, 4) is 0 Å². The molecule has 0 aliphatic rings. The van der Waals surface area contributed by atoms with Crippen molar-refractivity contribution in [1.29, 1.82) is 0 Å². The minimum atomic E-state index is -0.461. The van der Waals surface area contributed by atoms with Crippen LogP contribution in [0.15, 0.2) is 12.7 Å². The van der Waals surface area contributed by atoms with Gasteiger partial charge in [0.2, 0.25) is 0 Å². The maximum Gasteiger partial charge on any atom is 0.330 e. The molecule has 0 atom stereocenters. The van der Waals surface area contributed by atoms with Crippen LogP contribution in [0.4, 0.5) is 0 Å². The zero-order valence-corrected chi connectivity index (χ0v) is 9.70. The largest absolute Gasteiger partial charge is 0.460 e. The van der Waals surface area contributed by atoms with E-state index in [2.05, 4.69) is 25.2 Å². The van der Waals surface area contributed by atoms with Gasteiger partial charge in [0.25, 0.3) is 0 Å². The van der Waals surface area contributed by atoms with Crippen LogP contribution in [0, 0.1) is 0 Å². The van der Waals surface area contributed by atoms with Gasteiger partial charge in [-0.05, 0) is 0 Å². The number of esters is 1. The molecule has 0 spiro atoms. The third kappa shape index (κ3) is 19.5. The molecule has 1 N–H and O–H groups in total. The van der Waals surface area contributed by atoms with E-state index >= 15 is 0 Å². The molecule has 90 valence electrons. The highest BCUT2D eigenvalue weighted by molar-refractivity contribution is 5.81. The average Bonchev–Trinajstić information content (AvgIpc) is 2.28. The number of aliphatic hydroxyl groups is 1. The molecule has 0 unspecified atom stereocenters. The predicted molar refractivity (Wildman–Crippen MR) is 59.6 cm³/mol. The van der Waals surface area contributed by atoms with Gasteiger partial charge >= 0.3 is 5.97 Å². The van der Waals surface area contributed by atoms with Gasteiger partial charge in [-0.3, -0.25) is 0 Å². The molecule has 0 aromatic rings. The lowest BCUT2D eigenvalue weighted by Crippen LogP contribution is -2.09. The molecule has 0 radical (unpaired) electrons. The Morgan fingerprint density at radius 1 is 1.27 bits per heavy atom. The first-order chi connectivity index (χ1) is 7.22. The van der Waals surface area contributed by atoms with E-state index in [0.29, 0.717) is 6.61 Å². The first-order valence-electron chi connectivity index (χ1n) is 5.20. The van der Waals surface area contributed by atoms with E-state index in [-0.39, 0.29) is 19.8 Å². The molecule has 0 heterocycles. The van der Waals surface area contributed by atoms with Crippen molar-refractivity contribution in [1.82, 2.24) is 0 Å². The van der Waals surface area contributed by atoms with E-state index in [0.717, 1.165) is 6.08 Å². The Kier molecular flexibility index (Phi) is 17.2.